The van der Waals surface area contributed by atoms with Crippen LogP contribution in [-0.2, 0) is 19.6 Å². The van der Waals surface area contributed by atoms with Crippen molar-refractivity contribution in [3.05, 3.63) is 29.3 Å². The first kappa shape index (κ1) is 21.1. The molecule has 0 spiro atoms. The quantitative estimate of drug-likeness (QED) is 0.777. The largest absolute Gasteiger partial charge is 0.347 e. The highest BCUT2D eigenvalue weighted by atomic mass is 35.5. The summed E-state index contributed by atoms with van der Waals surface area (Å²) in [7, 11) is -3.67. The van der Waals surface area contributed by atoms with Gasteiger partial charge in [0.15, 0.2) is 0 Å². The first-order valence-corrected chi connectivity index (χ1v) is 11.5. The minimum absolute atomic E-state index is 0.0285. The minimum Gasteiger partial charge on any atom is -0.347 e. The molecule has 2 aliphatic rings. The molecule has 0 aromatic heterocycles. The average Bonchev–Trinajstić information content (AvgIpc) is 2.72. The van der Waals surface area contributed by atoms with Gasteiger partial charge in [0.2, 0.25) is 21.8 Å². The zero-order valence-corrected chi connectivity index (χ0v) is 17.3. The molecule has 9 heteroatoms. The van der Waals surface area contributed by atoms with Gasteiger partial charge in [-0.3, -0.25) is 9.59 Å². The summed E-state index contributed by atoms with van der Waals surface area (Å²) >= 11 is 5.84. The molecule has 0 radical (unpaired) electrons. The third-order valence-electron chi connectivity index (χ3n) is 5.33. The van der Waals surface area contributed by atoms with Gasteiger partial charge in [0.1, 0.15) is 0 Å². The van der Waals surface area contributed by atoms with Crippen molar-refractivity contribution in [2.75, 3.05) is 32.7 Å². The number of nitrogens with one attached hydrogen (secondary N) is 1. The van der Waals surface area contributed by atoms with Gasteiger partial charge in [0.05, 0.1) is 17.4 Å². The molecule has 1 unspecified atom stereocenters. The first-order chi connectivity index (χ1) is 13.4. The van der Waals surface area contributed by atoms with Crippen molar-refractivity contribution in [1.29, 1.82) is 0 Å². The van der Waals surface area contributed by atoms with Crippen LogP contribution in [-0.4, -0.2) is 62.2 Å². The number of rotatable bonds is 5. The number of hydrogen-bond donors (Lipinski definition) is 1. The van der Waals surface area contributed by atoms with Crippen LogP contribution in [0.5, 0.6) is 0 Å². The molecule has 1 aromatic rings. The highest BCUT2D eigenvalue weighted by molar-refractivity contribution is 7.89. The van der Waals surface area contributed by atoms with E-state index >= 15 is 0 Å². The Balaban J connectivity index is 1.57. The Morgan fingerprint density at radius 1 is 1.04 bits per heavy atom. The van der Waals surface area contributed by atoms with E-state index in [-0.39, 0.29) is 29.8 Å². The van der Waals surface area contributed by atoms with E-state index in [9.17, 15) is 18.0 Å². The molecule has 0 aliphatic carbocycles. The molecule has 28 heavy (non-hydrogen) atoms. The summed E-state index contributed by atoms with van der Waals surface area (Å²) in [6, 6.07) is 6.01. The summed E-state index contributed by atoms with van der Waals surface area (Å²) < 4.78 is 27.0. The van der Waals surface area contributed by atoms with Crippen LogP contribution in [0.3, 0.4) is 0 Å². The lowest BCUT2D eigenvalue weighted by molar-refractivity contribution is -0.134. The molecule has 1 N–H and O–H groups in total. The molecule has 3 rings (SSSR count). The molecule has 2 aliphatic heterocycles. The van der Waals surface area contributed by atoms with Crippen LogP contribution in [0.4, 0.5) is 0 Å². The van der Waals surface area contributed by atoms with Gasteiger partial charge in [-0.1, -0.05) is 11.6 Å². The molecule has 2 saturated heterocycles. The van der Waals surface area contributed by atoms with Gasteiger partial charge >= 0.3 is 0 Å². The molecular formula is C19H26ClN3O4S. The molecule has 2 heterocycles. The Kier molecular flexibility index (Phi) is 6.95. The third-order valence-corrected chi connectivity index (χ3v) is 7.46. The van der Waals surface area contributed by atoms with Gasteiger partial charge in [-0.25, -0.2) is 8.42 Å². The zero-order valence-electron chi connectivity index (χ0n) is 15.8. The minimum atomic E-state index is -3.67. The molecule has 1 atom stereocenters. The molecule has 7 nitrogen and oxygen atoms in total. The van der Waals surface area contributed by atoms with Crippen molar-refractivity contribution in [1.82, 2.24) is 14.5 Å². The van der Waals surface area contributed by atoms with E-state index in [0.717, 1.165) is 32.4 Å². The SMILES string of the molecule is O=C(NCC(=O)N1CCCCC1)C1CCCN(S(=O)(=O)c2ccc(Cl)cc2)C1. The highest BCUT2D eigenvalue weighted by Gasteiger charge is 2.33. The zero-order chi connectivity index (χ0) is 20.1. The van der Waals surface area contributed by atoms with E-state index in [4.69, 9.17) is 11.6 Å². The second kappa shape index (κ2) is 9.24. The third kappa shape index (κ3) is 5.04. The van der Waals surface area contributed by atoms with E-state index < -0.39 is 15.9 Å². The monoisotopic (exact) mass is 427 g/mol. The molecule has 154 valence electrons. The number of likely N-dealkylation sites (tertiary alicyclic amines) is 1. The van der Waals surface area contributed by atoms with E-state index in [0.29, 0.717) is 24.4 Å². The van der Waals surface area contributed by atoms with Crippen LogP contribution in [0.1, 0.15) is 32.1 Å². The van der Waals surface area contributed by atoms with Gasteiger partial charge in [-0.2, -0.15) is 4.31 Å². The maximum Gasteiger partial charge on any atom is 0.243 e. The van der Waals surface area contributed by atoms with E-state index in [1.165, 1.54) is 28.6 Å². The van der Waals surface area contributed by atoms with E-state index in [1.807, 2.05) is 0 Å². The van der Waals surface area contributed by atoms with Crippen LogP contribution in [0.15, 0.2) is 29.2 Å². The second-order valence-electron chi connectivity index (χ2n) is 7.32. The van der Waals surface area contributed by atoms with Crippen molar-refractivity contribution in [3.8, 4) is 0 Å². The van der Waals surface area contributed by atoms with Gasteiger partial charge in [0, 0.05) is 31.2 Å². The molecule has 0 saturated carbocycles. The maximum absolute atomic E-state index is 12.8. The lowest BCUT2D eigenvalue weighted by Gasteiger charge is -2.31. The van der Waals surface area contributed by atoms with Gasteiger partial charge in [0.25, 0.3) is 0 Å². The number of benzene rings is 1. The summed E-state index contributed by atoms with van der Waals surface area (Å²) in [5.74, 6) is -0.791. The molecular weight excluding hydrogens is 402 g/mol. The van der Waals surface area contributed by atoms with Gasteiger partial charge in [-0.15, -0.1) is 0 Å². The van der Waals surface area contributed by atoms with Crippen molar-refractivity contribution in [2.45, 2.75) is 37.0 Å². The number of halogens is 1. The van der Waals surface area contributed by atoms with Crippen LogP contribution in [0, 0.1) is 5.92 Å². The number of carbonyl (C=O) groups excluding carboxylic acids is 2. The van der Waals surface area contributed by atoms with Crippen molar-refractivity contribution in [3.63, 3.8) is 0 Å². The normalized spacial score (nSPS) is 21.3. The van der Waals surface area contributed by atoms with E-state index in [2.05, 4.69) is 5.32 Å². The average molecular weight is 428 g/mol. The smallest absolute Gasteiger partial charge is 0.243 e. The molecule has 1 aromatic carbocycles. The van der Waals surface area contributed by atoms with Gasteiger partial charge < -0.3 is 10.2 Å². The number of sulfonamides is 1. The summed E-state index contributed by atoms with van der Waals surface area (Å²) in [4.78, 5) is 26.7. The summed E-state index contributed by atoms with van der Waals surface area (Å²) in [5, 5.41) is 3.17. The Labute approximate surface area is 171 Å². The van der Waals surface area contributed by atoms with Gasteiger partial charge in [-0.05, 0) is 56.4 Å². The number of piperidine rings is 2. The lowest BCUT2D eigenvalue weighted by Crippen LogP contribution is -2.48. The standard InChI is InChI=1S/C19H26ClN3O4S/c20-16-6-8-17(9-7-16)28(26,27)23-12-4-5-15(14-23)19(25)21-13-18(24)22-10-2-1-3-11-22/h6-9,15H,1-5,10-14H2,(H,21,25). The number of hydrogen-bond acceptors (Lipinski definition) is 4. The molecule has 0 bridgehead atoms. The van der Waals surface area contributed by atoms with Crippen LogP contribution < -0.4 is 5.32 Å². The predicted molar refractivity (Wildman–Crippen MR) is 106 cm³/mol. The Morgan fingerprint density at radius 2 is 1.71 bits per heavy atom. The summed E-state index contributed by atoms with van der Waals surface area (Å²) in [5.41, 5.74) is 0. The lowest BCUT2D eigenvalue weighted by atomic mass is 9.99. The Morgan fingerprint density at radius 3 is 2.39 bits per heavy atom. The summed E-state index contributed by atoms with van der Waals surface area (Å²) in [6.45, 7) is 1.95. The van der Waals surface area contributed by atoms with E-state index in [1.54, 1.807) is 4.90 Å². The molecule has 2 amide bonds. The Hall–Kier alpha value is -1.64. The first-order valence-electron chi connectivity index (χ1n) is 9.69. The molecule has 2 fully saturated rings. The fourth-order valence-corrected chi connectivity index (χ4v) is 5.34. The fraction of sp³-hybridized carbons (Fsp3) is 0.579. The highest BCUT2D eigenvalue weighted by Crippen LogP contribution is 2.24. The van der Waals surface area contributed by atoms with Crippen LogP contribution in [0.25, 0.3) is 0 Å². The van der Waals surface area contributed by atoms with Crippen LogP contribution in [0.2, 0.25) is 5.02 Å². The van der Waals surface area contributed by atoms with Crippen molar-refractivity contribution < 1.29 is 18.0 Å². The topological polar surface area (TPSA) is 86.8 Å². The fourth-order valence-electron chi connectivity index (χ4n) is 3.69. The maximum atomic E-state index is 12.8. The predicted octanol–water partition coefficient (Wildman–Crippen LogP) is 1.87. The second-order valence-corrected chi connectivity index (χ2v) is 9.69. The van der Waals surface area contributed by atoms with Crippen LogP contribution >= 0.6 is 11.6 Å². The number of carbonyl (C=O) groups is 2. The van der Waals surface area contributed by atoms with Crippen molar-refractivity contribution >= 4 is 33.4 Å². The van der Waals surface area contributed by atoms with Crippen molar-refractivity contribution in [2.24, 2.45) is 5.92 Å². The Bertz CT molecular complexity index is 807. The number of amides is 2. The summed E-state index contributed by atoms with van der Waals surface area (Å²) in [6.07, 6.45) is 4.34. The number of nitrogens with zero attached hydrogens (tertiary/aromatic N) is 2.